The van der Waals surface area contributed by atoms with Crippen LogP contribution in [-0.4, -0.2) is 37.7 Å². The summed E-state index contributed by atoms with van der Waals surface area (Å²) in [4.78, 5) is 24.5. The van der Waals surface area contributed by atoms with Crippen molar-refractivity contribution in [2.24, 2.45) is 0 Å². The van der Waals surface area contributed by atoms with E-state index in [2.05, 4.69) is 5.32 Å². The summed E-state index contributed by atoms with van der Waals surface area (Å²) in [6, 6.07) is 13.6. The number of nitrogens with one attached hydrogen (secondary N) is 1. The van der Waals surface area contributed by atoms with Gasteiger partial charge in [-0.3, -0.25) is 9.59 Å². The van der Waals surface area contributed by atoms with Gasteiger partial charge in [0.1, 0.15) is 10.6 Å². The molecule has 0 saturated heterocycles. The molecule has 0 bridgehead atoms. The Morgan fingerprint density at radius 1 is 1.11 bits per heavy atom. The molecule has 1 heterocycles. The Bertz CT molecular complexity index is 988. The summed E-state index contributed by atoms with van der Waals surface area (Å²) < 4.78 is 31.3. The predicted octanol–water partition coefficient (Wildman–Crippen LogP) is 2.33. The van der Waals surface area contributed by atoms with Gasteiger partial charge in [0.2, 0.25) is 5.91 Å². The Balaban J connectivity index is 1.52. The minimum Gasteiger partial charge on any atom is -0.494 e. The van der Waals surface area contributed by atoms with Gasteiger partial charge in [0.05, 0.1) is 12.2 Å². The SMILES string of the molecule is CCOc1ccccc1CNC(=O)CCCN1C(=O)c2ccccc2S1(=O)=O. The second kappa shape index (κ2) is 8.43. The molecule has 3 rings (SSSR count). The highest BCUT2D eigenvalue weighted by atomic mass is 32.2. The molecule has 1 N–H and O–H groups in total. The lowest BCUT2D eigenvalue weighted by atomic mass is 10.2. The summed E-state index contributed by atoms with van der Waals surface area (Å²) in [5.41, 5.74) is 1.05. The molecule has 148 valence electrons. The highest BCUT2D eigenvalue weighted by Crippen LogP contribution is 2.30. The van der Waals surface area contributed by atoms with Crippen LogP contribution in [0.4, 0.5) is 0 Å². The summed E-state index contributed by atoms with van der Waals surface area (Å²) in [6.45, 7) is 2.72. The predicted molar refractivity (Wildman–Crippen MR) is 103 cm³/mol. The molecular weight excluding hydrogens is 380 g/mol. The molecule has 2 amide bonds. The molecule has 7 nitrogen and oxygen atoms in total. The van der Waals surface area contributed by atoms with Crippen molar-refractivity contribution in [1.82, 2.24) is 9.62 Å². The van der Waals surface area contributed by atoms with Crippen LogP contribution in [0.5, 0.6) is 5.75 Å². The molecule has 0 radical (unpaired) electrons. The number of fused-ring (bicyclic) bond motifs is 1. The van der Waals surface area contributed by atoms with E-state index in [0.29, 0.717) is 13.2 Å². The van der Waals surface area contributed by atoms with Crippen LogP contribution in [0.1, 0.15) is 35.7 Å². The molecule has 0 atom stereocenters. The summed E-state index contributed by atoms with van der Waals surface area (Å²) in [6.07, 6.45) is 0.365. The van der Waals surface area contributed by atoms with Crippen molar-refractivity contribution in [2.45, 2.75) is 31.2 Å². The maximum atomic E-state index is 12.5. The van der Waals surface area contributed by atoms with Gasteiger partial charge in [-0.05, 0) is 31.5 Å². The van der Waals surface area contributed by atoms with Crippen molar-refractivity contribution in [2.75, 3.05) is 13.2 Å². The molecule has 0 spiro atoms. The van der Waals surface area contributed by atoms with Gasteiger partial charge in [0.25, 0.3) is 15.9 Å². The molecule has 1 aliphatic rings. The summed E-state index contributed by atoms with van der Waals surface area (Å²) in [7, 11) is -3.83. The topological polar surface area (TPSA) is 92.8 Å². The molecular formula is C20H22N2O5S. The number of benzene rings is 2. The lowest BCUT2D eigenvalue weighted by Crippen LogP contribution is -2.32. The van der Waals surface area contributed by atoms with E-state index in [1.165, 1.54) is 12.1 Å². The van der Waals surface area contributed by atoms with Gasteiger partial charge in [-0.15, -0.1) is 0 Å². The first-order valence-corrected chi connectivity index (χ1v) is 10.5. The number of hydrogen-bond donors (Lipinski definition) is 1. The van der Waals surface area contributed by atoms with Gasteiger partial charge >= 0.3 is 0 Å². The lowest BCUT2D eigenvalue weighted by Gasteiger charge is -2.15. The van der Waals surface area contributed by atoms with E-state index in [0.717, 1.165) is 15.6 Å². The summed E-state index contributed by atoms with van der Waals surface area (Å²) in [5, 5.41) is 2.80. The van der Waals surface area contributed by atoms with E-state index >= 15 is 0 Å². The fourth-order valence-corrected chi connectivity index (χ4v) is 4.67. The van der Waals surface area contributed by atoms with Crippen LogP contribution < -0.4 is 10.1 Å². The smallest absolute Gasteiger partial charge is 0.269 e. The molecule has 1 aliphatic heterocycles. The molecule has 2 aromatic rings. The Morgan fingerprint density at radius 3 is 2.57 bits per heavy atom. The third-order valence-corrected chi connectivity index (χ3v) is 6.27. The minimum atomic E-state index is -3.83. The second-order valence-electron chi connectivity index (χ2n) is 6.30. The zero-order chi connectivity index (χ0) is 20.1. The second-order valence-corrected chi connectivity index (χ2v) is 8.13. The van der Waals surface area contributed by atoms with Crippen LogP contribution in [0.25, 0.3) is 0 Å². The van der Waals surface area contributed by atoms with Gasteiger partial charge in [-0.1, -0.05) is 30.3 Å². The molecule has 0 saturated carbocycles. The number of nitrogens with zero attached hydrogens (tertiary/aromatic N) is 1. The van der Waals surface area contributed by atoms with Crippen LogP contribution in [0, 0.1) is 0 Å². The van der Waals surface area contributed by atoms with Crippen molar-refractivity contribution in [3.63, 3.8) is 0 Å². The van der Waals surface area contributed by atoms with Gasteiger partial charge in [0, 0.05) is 25.1 Å². The number of carbonyl (C=O) groups is 2. The van der Waals surface area contributed by atoms with Crippen molar-refractivity contribution in [3.8, 4) is 5.75 Å². The molecule has 0 unspecified atom stereocenters. The molecule has 0 aromatic heterocycles. The average molecular weight is 402 g/mol. The van der Waals surface area contributed by atoms with Crippen LogP contribution in [-0.2, 0) is 21.4 Å². The first kappa shape index (κ1) is 19.9. The maximum Gasteiger partial charge on any atom is 0.269 e. The monoisotopic (exact) mass is 402 g/mol. The summed E-state index contributed by atoms with van der Waals surface area (Å²) >= 11 is 0. The first-order chi connectivity index (χ1) is 13.4. The largest absolute Gasteiger partial charge is 0.494 e. The average Bonchev–Trinajstić information content (AvgIpc) is 2.88. The van der Waals surface area contributed by atoms with Gasteiger partial charge in [0.15, 0.2) is 0 Å². The minimum absolute atomic E-state index is 0.0250. The molecule has 0 fully saturated rings. The highest BCUT2D eigenvalue weighted by Gasteiger charge is 2.40. The number of para-hydroxylation sites is 1. The fourth-order valence-electron chi connectivity index (χ4n) is 3.06. The van der Waals surface area contributed by atoms with Crippen LogP contribution in [0.2, 0.25) is 0 Å². The summed E-state index contributed by atoms with van der Waals surface area (Å²) in [5.74, 6) is -0.0358. The highest BCUT2D eigenvalue weighted by molar-refractivity contribution is 7.90. The number of carbonyl (C=O) groups excluding carboxylic acids is 2. The quantitative estimate of drug-likeness (QED) is 0.732. The van der Waals surface area contributed by atoms with Gasteiger partial charge in [-0.2, -0.15) is 0 Å². The number of amides is 2. The third-order valence-electron chi connectivity index (χ3n) is 4.43. The standard InChI is InChI=1S/C20H22N2O5S/c1-2-27-17-10-5-3-8-15(17)14-21-19(23)12-7-13-22-20(24)16-9-4-6-11-18(16)28(22,25)26/h3-6,8-11H,2,7,12-14H2,1H3,(H,21,23). The van der Waals surface area contributed by atoms with Crippen molar-refractivity contribution in [3.05, 3.63) is 59.7 Å². The maximum absolute atomic E-state index is 12.5. The normalized spacial score (nSPS) is 14.6. The van der Waals surface area contributed by atoms with E-state index in [4.69, 9.17) is 4.74 Å². The molecule has 0 aliphatic carbocycles. The van der Waals surface area contributed by atoms with E-state index < -0.39 is 15.9 Å². The molecule has 8 heteroatoms. The number of sulfonamides is 1. The first-order valence-electron chi connectivity index (χ1n) is 9.08. The number of ether oxygens (including phenoxy) is 1. The van der Waals surface area contributed by atoms with Crippen LogP contribution in [0.3, 0.4) is 0 Å². The molecule has 2 aromatic carbocycles. The Morgan fingerprint density at radius 2 is 1.82 bits per heavy atom. The Kier molecular flexibility index (Phi) is 5.99. The van der Waals surface area contributed by atoms with Crippen LogP contribution in [0.15, 0.2) is 53.4 Å². The molecule has 28 heavy (non-hydrogen) atoms. The zero-order valence-corrected chi connectivity index (χ0v) is 16.4. The van der Waals surface area contributed by atoms with E-state index in [1.54, 1.807) is 12.1 Å². The van der Waals surface area contributed by atoms with E-state index in [-0.39, 0.29) is 35.8 Å². The van der Waals surface area contributed by atoms with Crippen LogP contribution >= 0.6 is 0 Å². The van der Waals surface area contributed by atoms with Gasteiger partial charge in [-0.25, -0.2) is 12.7 Å². The number of rotatable bonds is 8. The van der Waals surface area contributed by atoms with Crippen molar-refractivity contribution in [1.29, 1.82) is 0 Å². The van der Waals surface area contributed by atoms with E-state index in [1.807, 2.05) is 31.2 Å². The Hall–Kier alpha value is -2.87. The third kappa shape index (κ3) is 4.01. The zero-order valence-electron chi connectivity index (χ0n) is 15.6. The van der Waals surface area contributed by atoms with Crippen molar-refractivity contribution < 1.29 is 22.7 Å². The van der Waals surface area contributed by atoms with Crippen molar-refractivity contribution >= 4 is 21.8 Å². The Labute approximate surface area is 164 Å². The van der Waals surface area contributed by atoms with E-state index in [9.17, 15) is 18.0 Å². The lowest BCUT2D eigenvalue weighted by molar-refractivity contribution is -0.121. The number of hydrogen-bond acceptors (Lipinski definition) is 5. The fraction of sp³-hybridized carbons (Fsp3) is 0.300. The van der Waals surface area contributed by atoms with Gasteiger partial charge < -0.3 is 10.1 Å².